The van der Waals surface area contributed by atoms with Crippen LogP contribution in [0, 0.1) is 0 Å². The molecule has 0 radical (unpaired) electrons. The van der Waals surface area contributed by atoms with E-state index >= 15 is 0 Å². The molecule has 4 rings (SSSR count). The fourth-order valence-electron chi connectivity index (χ4n) is 3.60. The van der Waals surface area contributed by atoms with Gasteiger partial charge in [-0.25, -0.2) is 14.6 Å². The van der Waals surface area contributed by atoms with Crippen molar-refractivity contribution in [1.29, 1.82) is 0 Å². The molecule has 31 heavy (non-hydrogen) atoms. The molecule has 2 aromatic carbocycles. The normalized spacial score (nSPS) is 15.9. The van der Waals surface area contributed by atoms with Crippen molar-refractivity contribution >= 4 is 29.4 Å². The first kappa shape index (κ1) is 20.5. The maximum atomic E-state index is 13.4. The molecular formula is C23H18N2O5S. The Hall–Kier alpha value is -3.78. The summed E-state index contributed by atoms with van der Waals surface area (Å²) in [4.78, 5) is 42.4. The van der Waals surface area contributed by atoms with Gasteiger partial charge in [-0.3, -0.25) is 9.36 Å². The number of aromatic nitrogens is 1. The van der Waals surface area contributed by atoms with E-state index in [9.17, 15) is 19.5 Å². The summed E-state index contributed by atoms with van der Waals surface area (Å²) in [7, 11) is 1.29. The molecule has 1 atom stereocenters. The molecule has 0 spiro atoms. The zero-order valence-corrected chi connectivity index (χ0v) is 17.6. The number of hydrogen-bond acceptors (Lipinski definition) is 6. The molecule has 0 saturated carbocycles. The van der Waals surface area contributed by atoms with E-state index in [0.717, 1.165) is 16.9 Å². The van der Waals surface area contributed by atoms with Crippen molar-refractivity contribution in [3.8, 4) is 0 Å². The summed E-state index contributed by atoms with van der Waals surface area (Å²) in [5, 5.41) is 9.45. The monoisotopic (exact) mass is 434 g/mol. The van der Waals surface area contributed by atoms with Gasteiger partial charge in [-0.15, -0.1) is 0 Å². The SMILES string of the molecule is COC(=O)C1=C(C)N=c2sc(=Cc3ccccc3C(=O)O)c(=O)n2C1c1ccccc1. The van der Waals surface area contributed by atoms with Crippen molar-refractivity contribution in [2.45, 2.75) is 13.0 Å². The van der Waals surface area contributed by atoms with Crippen LogP contribution in [0.25, 0.3) is 6.08 Å². The van der Waals surface area contributed by atoms with Crippen molar-refractivity contribution < 1.29 is 19.4 Å². The molecule has 1 aliphatic rings. The molecule has 7 nitrogen and oxygen atoms in total. The van der Waals surface area contributed by atoms with Crippen molar-refractivity contribution in [2.24, 2.45) is 4.99 Å². The van der Waals surface area contributed by atoms with E-state index < -0.39 is 18.0 Å². The van der Waals surface area contributed by atoms with Gasteiger partial charge >= 0.3 is 11.9 Å². The molecule has 0 bridgehead atoms. The van der Waals surface area contributed by atoms with Crippen molar-refractivity contribution in [3.05, 3.63) is 102 Å². The summed E-state index contributed by atoms with van der Waals surface area (Å²) >= 11 is 1.15. The topological polar surface area (TPSA) is 98.0 Å². The second kappa shape index (κ2) is 8.16. The van der Waals surface area contributed by atoms with Gasteiger partial charge in [0.1, 0.15) is 0 Å². The Balaban J connectivity index is 2.00. The van der Waals surface area contributed by atoms with Gasteiger partial charge in [-0.05, 0) is 30.2 Å². The Bertz CT molecular complexity index is 1400. The molecule has 156 valence electrons. The van der Waals surface area contributed by atoms with Gasteiger partial charge in [-0.1, -0.05) is 59.9 Å². The smallest absolute Gasteiger partial charge is 0.338 e. The maximum Gasteiger partial charge on any atom is 0.338 e. The fourth-order valence-corrected chi connectivity index (χ4v) is 4.64. The van der Waals surface area contributed by atoms with Crippen LogP contribution in [0.4, 0.5) is 0 Å². The van der Waals surface area contributed by atoms with E-state index in [1.165, 1.54) is 17.7 Å². The summed E-state index contributed by atoms with van der Waals surface area (Å²) in [6.07, 6.45) is 1.55. The predicted octanol–water partition coefficient (Wildman–Crippen LogP) is 2.11. The summed E-state index contributed by atoms with van der Waals surface area (Å²) in [6, 6.07) is 15.0. The van der Waals surface area contributed by atoms with Crippen molar-refractivity contribution in [3.63, 3.8) is 0 Å². The standard InChI is InChI=1S/C23H18N2O5S/c1-13-18(22(29)30-2)19(14-8-4-3-5-9-14)25-20(26)17(31-23(25)24-13)12-15-10-6-7-11-16(15)21(27)28/h3-12,19H,1-2H3,(H,27,28). The highest BCUT2D eigenvalue weighted by atomic mass is 32.1. The van der Waals surface area contributed by atoms with Gasteiger partial charge in [-0.2, -0.15) is 0 Å². The van der Waals surface area contributed by atoms with Gasteiger partial charge in [0.05, 0.1) is 34.5 Å². The highest BCUT2D eigenvalue weighted by Gasteiger charge is 2.32. The Labute approximate surface area is 180 Å². The first-order valence-electron chi connectivity index (χ1n) is 9.40. The number of carboxylic acids is 1. The number of aromatic carboxylic acids is 1. The van der Waals surface area contributed by atoms with E-state index in [1.54, 1.807) is 31.2 Å². The lowest BCUT2D eigenvalue weighted by atomic mass is 9.96. The molecule has 1 N–H and O–H groups in total. The molecule has 1 aliphatic heterocycles. The lowest BCUT2D eigenvalue weighted by molar-refractivity contribution is -0.136. The third-order valence-electron chi connectivity index (χ3n) is 5.02. The molecule has 0 fully saturated rings. The number of esters is 1. The lowest BCUT2D eigenvalue weighted by Gasteiger charge is -2.24. The molecular weight excluding hydrogens is 416 g/mol. The van der Waals surface area contributed by atoms with E-state index in [2.05, 4.69) is 4.99 Å². The molecule has 8 heteroatoms. The Morgan fingerprint density at radius 2 is 1.81 bits per heavy atom. The van der Waals surface area contributed by atoms with Crippen LogP contribution in [0.15, 0.2) is 75.7 Å². The second-order valence-corrected chi connectivity index (χ2v) is 7.89. The quantitative estimate of drug-likeness (QED) is 0.635. The second-order valence-electron chi connectivity index (χ2n) is 6.88. The first-order chi connectivity index (χ1) is 14.9. The zero-order chi connectivity index (χ0) is 22.1. The number of hydrogen-bond donors (Lipinski definition) is 1. The van der Waals surface area contributed by atoms with E-state index in [4.69, 9.17) is 4.74 Å². The summed E-state index contributed by atoms with van der Waals surface area (Å²) in [5.74, 6) is -1.63. The zero-order valence-electron chi connectivity index (χ0n) is 16.7. The minimum absolute atomic E-state index is 0.0966. The molecule has 1 aromatic heterocycles. The number of rotatable bonds is 4. The van der Waals surface area contributed by atoms with Crippen molar-refractivity contribution in [1.82, 2.24) is 4.57 Å². The maximum absolute atomic E-state index is 13.4. The molecule has 1 unspecified atom stereocenters. The van der Waals surface area contributed by atoms with Crippen LogP contribution in [0.3, 0.4) is 0 Å². The third kappa shape index (κ3) is 3.62. The van der Waals surface area contributed by atoms with E-state index in [0.29, 0.717) is 26.2 Å². The van der Waals surface area contributed by atoms with Crippen LogP contribution in [-0.2, 0) is 9.53 Å². The number of allylic oxidation sites excluding steroid dienone is 1. The minimum Gasteiger partial charge on any atom is -0.478 e. The third-order valence-corrected chi connectivity index (χ3v) is 6.00. The molecule has 2 heterocycles. The number of thiazole rings is 1. The van der Waals surface area contributed by atoms with Crippen molar-refractivity contribution in [2.75, 3.05) is 7.11 Å². The molecule has 0 saturated heterocycles. The van der Waals surface area contributed by atoms with Crippen LogP contribution < -0.4 is 14.9 Å². The summed E-state index contributed by atoms with van der Waals surface area (Å²) < 4.78 is 6.76. The van der Waals surface area contributed by atoms with Crippen LogP contribution in [-0.4, -0.2) is 28.7 Å². The molecule has 0 amide bonds. The Morgan fingerprint density at radius 1 is 1.13 bits per heavy atom. The number of carbonyl (C=O) groups excluding carboxylic acids is 1. The molecule has 0 aliphatic carbocycles. The predicted molar refractivity (Wildman–Crippen MR) is 116 cm³/mol. The summed E-state index contributed by atoms with van der Waals surface area (Å²) in [5.41, 5.74) is 1.67. The van der Waals surface area contributed by atoms with Gasteiger partial charge in [0.2, 0.25) is 0 Å². The minimum atomic E-state index is -1.08. The van der Waals surface area contributed by atoms with Crippen LogP contribution in [0.2, 0.25) is 0 Å². The molecule has 3 aromatic rings. The highest BCUT2D eigenvalue weighted by molar-refractivity contribution is 7.07. The first-order valence-corrected chi connectivity index (χ1v) is 10.2. The van der Waals surface area contributed by atoms with Gasteiger partial charge in [0.25, 0.3) is 5.56 Å². The summed E-state index contributed by atoms with van der Waals surface area (Å²) in [6.45, 7) is 1.71. The van der Waals surface area contributed by atoms with E-state index in [-0.39, 0.29) is 11.1 Å². The van der Waals surface area contributed by atoms with E-state index in [1.807, 2.05) is 30.3 Å². The van der Waals surface area contributed by atoms with Crippen LogP contribution in [0.5, 0.6) is 0 Å². The van der Waals surface area contributed by atoms with Crippen LogP contribution in [0.1, 0.15) is 34.5 Å². The number of benzene rings is 2. The van der Waals surface area contributed by atoms with Gasteiger partial charge in [0.15, 0.2) is 4.80 Å². The number of methoxy groups -OCH3 is 1. The number of carboxylic acid groups (broad SMARTS) is 1. The Kier molecular flexibility index (Phi) is 5.39. The Morgan fingerprint density at radius 3 is 2.48 bits per heavy atom. The largest absolute Gasteiger partial charge is 0.478 e. The average molecular weight is 434 g/mol. The highest BCUT2D eigenvalue weighted by Crippen LogP contribution is 2.30. The number of ether oxygens (including phenoxy) is 1. The number of carbonyl (C=O) groups is 2. The van der Waals surface area contributed by atoms with Crippen LogP contribution >= 0.6 is 11.3 Å². The van der Waals surface area contributed by atoms with Gasteiger partial charge in [0, 0.05) is 0 Å². The average Bonchev–Trinajstić information content (AvgIpc) is 3.07. The van der Waals surface area contributed by atoms with Gasteiger partial charge < -0.3 is 9.84 Å². The lowest BCUT2D eigenvalue weighted by Crippen LogP contribution is -2.39. The fraction of sp³-hybridized carbons (Fsp3) is 0.130. The number of fused-ring (bicyclic) bond motifs is 1. The number of nitrogens with zero attached hydrogens (tertiary/aromatic N) is 2.